The number of hydrogen-bond acceptors (Lipinski definition) is 1. The molecule has 106 valence electrons. The summed E-state index contributed by atoms with van der Waals surface area (Å²) in [6.45, 7) is 0. The van der Waals surface area contributed by atoms with E-state index in [0.717, 1.165) is 0 Å². The average Bonchev–Trinajstić information content (AvgIpc) is 2.56. The first-order valence-corrected chi connectivity index (χ1v) is 8.52. The molecule has 0 aliphatic rings. The van der Waals surface area contributed by atoms with Crippen LogP contribution in [0.4, 0.5) is 0 Å². The van der Waals surface area contributed by atoms with Gasteiger partial charge in [0.1, 0.15) is 15.9 Å². The Hall–Kier alpha value is -1.66. The summed E-state index contributed by atoms with van der Waals surface area (Å²) in [4.78, 5) is 0. The van der Waals surface area contributed by atoms with E-state index in [1.165, 1.54) is 15.9 Å². The van der Waals surface area contributed by atoms with Crippen molar-refractivity contribution in [2.24, 2.45) is 5.50 Å². The predicted octanol–water partition coefficient (Wildman–Crippen LogP) is 3.28. The lowest BCUT2D eigenvalue weighted by molar-refractivity contribution is 1.69. The molecule has 0 aromatic heterocycles. The van der Waals surface area contributed by atoms with Crippen molar-refractivity contribution >= 4 is 35.7 Å². The van der Waals surface area contributed by atoms with Crippen molar-refractivity contribution in [3.8, 4) is 0 Å². The van der Waals surface area contributed by atoms with E-state index in [1.54, 1.807) is 0 Å². The highest BCUT2D eigenvalue weighted by Crippen LogP contribution is 2.46. The van der Waals surface area contributed by atoms with E-state index in [1.807, 2.05) is 18.2 Å². The second-order valence-corrected chi connectivity index (χ2v) is 7.72. The molecule has 0 saturated heterocycles. The summed E-state index contributed by atoms with van der Waals surface area (Å²) in [5, 5.41) is 3.62. The van der Waals surface area contributed by atoms with E-state index in [2.05, 4.69) is 72.8 Å². The smallest absolute Gasteiger partial charge is 0.175 e. The third-order valence-electron chi connectivity index (χ3n) is 3.49. The zero-order valence-electron chi connectivity index (χ0n) is 11.6. The van der Waals surface area contributed by atoms with Gasteiger partial charge in [0.2, 0.25) is 0 Å². The monoisotopic (exact) mass is 314 g/mol. The van der Waals surface area contributed by atoms with E-state index >= 15 is 0 Å². The molecule has 0 amide bonds. The lowest BCUT2D eigenvalue weighted by atomic mass is 10.4. The van der Waals surface area contributed by atoms with Crippen LogP contribution in [0.15, 0.2) is 91.0 Å². The van der Waals surface area contributed by atoms with Gasteiger partial charge in [-0.1, -0.05) is 54.6 Å². The SMILES string of the molecule is Cl.N[P+](c1ccccc1)(c1ccccc1)c1ccccc1. The Morgan fingerprint density at radius 3 is 0.952 bits per heavy atom. The maximum atomic E-state index is 6.97. The summed E-state index contributed by atoms with van der Waals surface area (Å²) in [5.74, 6) is 0. The summed E-state index contributed by atoms with van der Waals surface area (Å²) < 4.78 is 0. The normalized spacial score (nSPS) is 10.7. The highest BCUT2D eigenvalue weighted by Gasteiger charge is 2.41. The molecule has 0 aliphatic carbocycles. The van der Waals surface area contributed by atoms with Gasteiger partial charge in [-0.15, -0.1) is 12.4 Å². The van der Waals surface area contributed by atoms with Crippen LogP contribution in [0.5, 0.6) is 0 Å². The van der Waals surface area contributed by atoms with Gasteiger partial charge in [-0.2, -0.15) is 5.50 Å². The minimum atomic E-state index is -2.03. The van der Waals surface area contributed by atoms with Crippen molar-refractivity contribution in [1.29, 1.82) is 0 Å². The van der Waals surface area contributed by atoms with Crippen molar-refractivity contribution in [3.63, 3.8) is 0 Å². The largest absolute Gasteiger partial charge is 0.191 e. The van der Waals surface area contributed by atoms with Gasteiger partial charge >= 0.3 is 0 Å². The van der Waals surface area contributed by atoms with Crippen molar-refractivity contribution < 1.29 is 0 Å². The highest BCUT2D eigenvalue weighted by atomic mass is 35.5. The van der Waals surface area contributed by atoms with Crippen molar-refractivity contribution in [3.05, 3.63) is 91.0 Å². The molecule has 0 aliphatic heterocycles. The molecular weight excluding hydrogens is 297 g/mol. The minimum absolute atomic E-state index is 0. The topological polar surface area (TPSA) is 26.0 Å². The zero-order valence-corrected chi connectivity index (χ0v) is 13.3. The second kappa shape index (κ2) is 6.87. The van der Waals surface area contributed by atoms with Crippen LogP contribution in [-0.4, -0.2) is 0 Å². The van der Waals surface area contributed by atoms with Gasteiger partial charge in [-0.05, 0) is 36.4 Å². The Labute approximate surface area is 132 Å². The molecule has 3 rings (SSSR count). The van der Waals surface area contributed by atoms with Gasteiger partial charge in [-0.25, -0.2) is 0 Å². The number of hydrogen-bond donors (Lipinski definition) is 1. The molecular formula is C18H18ClNP+. The molecule has 0 fully saturated rings. The molecule has 0 unspecified atom stereocenters. The summed E-state index contributed by atoms with van der Waals surface area (Å²) in [7, 11) is -2.03. The molecule has 0 bridgehead atoms. The fourth-order valence-electron chi connectivity index (χ4n) is 2.44. The molecule has 0 radical (unpaired) electrons. The molecule has 0 saturated carbocycles. The van der Waals surface area contributed by atoms with Gasteiger partial charge in [0.05, 0.1) is 0 Å². The van der Waals surface area contributed by atoms with Gasteiger partial charge < -0.3 is 0 Å². The molecule has 3 aromatic carbocycles. The molecule has 21 heavy (non-hydrogen) atoms. The third-order valence-corrected chi connectivity index (χ3v) is 6.83. The fourth-order valence-corrected chi connectivity index (χ4v) is 5.26. The molecule has 0 atom stereocenters. The van der Waals surface area contributed by atoms with Crippen molar-refractivity contribution in [2.75, 3.05) is 0 Å². The van der Waals surface area contributed by atoms with Crippen LogP contribution >= 0.6 is 19.8 Å². The number of nitrogens with two attached hydrogens (primary N) is 1. The van der Waals surface area contributed by atoms with Crippen LogP contribution in [0.3, 0.4) is 0 Å². The summed E-state index contributed by atoms with van der Waals surface area (Å²) in [6.07, 6.45) is 0. The van der Waals surface area contributed by atoms with E-state index in [4.69, 9.17) is 5.50 Å². The maximum Gasteiger partial charge on any atom is 0.175 e. The van der Waals surface area contributed by atoms with Crippen LogP contribution < -0.4 is 21.4 Å². The van der Waals surface area contributed by atoms with Crippen molar-refractivity contribution in [2.45, 2.75) is 0 Å². The average molecular weight is 315 g/mol. The Bertz CT molecular complexity index is 575. The Kier molecular flexibility index (Phi) is 5.14. The number of halogens is 1. The molecule has 0 heterocycles. The standard InChI is InChI=1S/C18H17NP.ClH/c19-20(16-10-4-1-5-11-16,17-12-6-2-7-13-17)18-14-8-3-9-15-18;/h1-15H,19H2;1H/q+1;. The Morgan fingerprint density at radius 1 is 0.476 bits per heavy atom. The fraction of sp³-hybridized carbons (Fsp3) is 0. The molecule has 0 spiro atoms. The van der Waals surface area contributed by atoms with Crippen LogP contribution in [0.25, 0.3) is 0 Å². The van der Waals surface area contributed by atoms with Gasteiger partial charge in [-0.3, -0.25) is 0 Å². The van der Waals surface area contributed by atoms with Crippen LogP contribution in [0, 0.1) is 0 Å². The van der Waals surface area contributed by atoms with E-state index in [-0.39, 0.29) is 12.4 Å². The number of rotatable bonds is 3. The minimum Gasteiger partial charge on any atom is -0.191 e. The summed E-state index contributed by atoms with van der Waals surface area (Å²) in [6, 6.07) is 31.2. The van der Waals surface area contributed by atoms with Crippen LogP contribution in [-0.2, 0) is 0 Å². The van der Waals surface area contributed by atoms with E-state index < -0.39 is 7.41 Å². The van der Waals surface area contributed by atoms with E-state index in [9.17, 15) is 0 Å². The lowest BCUT2D eigenvalue weighted by Crippen LogP contribution is -2.36. The lowest BCUT2D eigenvalue weighted by Gasteiger charge is -2.21. The van der Waals surface area contributed by atoms with Gasteiger partial charge in [0.15, 0.2) is 7.41 Å². The van der Waals surface area contributed by atoms with E-state index in [0.29, 0.717) is 0 Å². The molecule has 2 N–H and O–H groups in total. The molecule has 3 aromatic rings. The summed E-state index contributed by atoms with van der Waals surface area (Å²) >= 11 is 0. The Balaban J connectivity index is 0.00000161. The highest BCUT2D eigenvalue weighted by molar-refractivity contribution is 7.93. The summed E-state index contributed by atoms with van der Waals surface area (Å²) in [5.41, 5.74) is 6.97. The molecule has 1 nitrogen and oxygen atoms in total. The zero-order chi connectivity index (χ0) is 13.8. The Morgan fingerprint density at radius 2 is 0.714 bits per heavy atom. The predicted molar refractivity (Wildman–Crippen MR) is 96.6 cm³/mol. The molecule has 3 heteroatoms. The first kappa shape index (κ1) is 15.7. The first-order chi connectivity index (χ1) is 9.82. The number of benzene rings is 3. The van der Waals surface area contributed by atoms with Gasteiger partial charge in [0, 0.05) is 0 Å². The quantitative estimate of drug-likeness (QED) is 0.738. The third kappa shape index (κ3) is 3.01. The first-order valence-electron chi connectivity index (χ1n) is 6.66. The van der Waals surface area contributed by atoms with Crippen molar-refractivity contribution in [1.82, 2.24) is 0 Å². The van der Waals surface area contributed by atoms with Crippen LogP contribution in [0.2, 0.25) is 0 Å². The van der Waals surface area contributed by atoms with Crippen LogP contribution in [0.1, 0.15) is 0 Å². The maximum absolute atomic E-state index is 6.97. The van der Waals surface area contributed by atoms with Gasteiger partial charge in [0.25, 0.3) is 0 Å². The second-order valence-electron chi connectivity index (χ2n) is 4.73.